The van der Waals surface area contributed by atoms with E-state index in [9.17, 15) is 9.18 Å². The second kappa shape index (κ2) is 13.4. The van der Waals surface area contributed by atoms with Gasteiger partial charge in [-0.2, -0.15) is 0 Å². The fraction of sp³-hybridized carbons (Fsp3) is 0.296. The zero-order valence-electron chi connectivity index (χ0n) is 20.3. The summed E-state index contributed by atoms with van der Waals surface area (Å²) in [5.41, 5.74) is 3.85. The van der Waals surface area contributed by atoms with Gasteiger partial charge in [0.05, 0.1) is 5.69 Å². The van der Waals surface area contributed by atoms with Crippen LogP contribution in [0.4, 0.5) is 10.1 Å². The minimum absolute atomic E-state index is 0.302. The number of carbonyl (C=O) groups is 1. The highest BCUT2D eigenvalue weighted by Crippen LogP contribution is 2.34. The number of hydrogen-bond acceptors (Lipinski definition) is 5. The Hall–Kier alpha value is -2.73. The molecule has 0 saturated carbocycles. The number of anilines is 1. The van der Waals surface area contributed by atoms with Gasteiger partial charge in [-0.25, -0.2) is 14.4 Å². The summed E-state index contributed by atoms with van der Waals surface area (Å²) in [5.74, 6) is -0.668. The monoisotopic (exact) mass is 511 g/mol. The molecule has 1 amide bonds. The highest BCUT2D eigenvalue weighted by Gasteiger charge is 2.15. The fourth-order valence-electron chi connectivity index (χ4n) is 3.22. The van der Waals surface area contributed by atoms with Crippen molar-refractivity contribution in [2.45, 2.75) is 40.0 Å². The topological polar surface area (TPSA) is 64.1 Å². The van der Waals surface area contributed by atoms with Crippen LogP contribution in [0, 0.1) is 5.82 Å². The van der Waals surface area contributed by atoms with Crippen LogP contribution in [0.25, 0.3) is 20.9 Å². The average Bonchev–Trinajstić information content (AvgIpc) is 3.30. The molecule has 1 N–H and O–H groups in total. The first-order valence-corrected chi connectivity index (χ1v) is 13.1. The number of aromatic nitrogens is 2. The molecule has 184 valence electrons. The van der Waals surface area contributed by atoms with E-state index in [-0.39, 0.29) is 11.7 Å². The zero-order chi connectivity index (χ0) is 25.2. The predicted octanol–water partition coefficient (Wildman–Crippen LogP) is 6.64. The van der Waals surface area contributed by atoms with Gasteiger partial charge in [0.15, 0.2) is 0 Å². The SMILES string of the molecule is CCCOCCC.CCc1cnc2sc(-c3ccccc3NC(=O)c3ccc(F)c(P)c3)nc2c1. The number of benzene rings is 2. The normalized spacial score (nSPS) is 10.7. The van der Waals surface area contributed by atoms with Crippen LogP contribution < -0.4 is 10.6 Å². The van der Waals surface area contributed by atoms with Gasteiger partial charge in [-0.15, -0.1) is 9.24 Å². The van der Waals surface area contributed by atoms with Crippen molar-refractivity contribution in [1.29, 1.82) is 0 Å². The van der Waals surface area contributed by atoms with Crippen molar-refractivity contribution < 1.29 is 13.9 Å². The molecule has 4 aromatic rings. The lowest BCUT2D eigenvalue weighted by molar-refractivity contribution is 0.102. The minimum atomic E-state index is -0.365. The van der Waals surface area contributed by atoms with Crippen LogP contribution in [0.15, 0.2) is 54.7 Å². The van der Waals surface area contributed by atoms with Crippen molar-refractivity contribution in [3.63, 3.8) is 0 Å². The number of thiazole rings is 1. The Balaban J connectivity index is 0.000000429. The number of nitrogens with one attached hydrogen (secondary N) is 1. The molecule has 4 rings (SSSR count). The van der Waals surface area contributed by atoms with Crippen LogP contribution in [-0.4, -0.2) is 29.1 Å². The second-order valence-electron chi connectivity index (χ2n) is 7.89. The lowest BCUT2D eigenvalue weighted by Gasteiger charge is -2.10. The van der Waals surface area contributed by atoms with Gasteiger partial charge in [-0.3, -0.25) is 4.79 Å². The van der Waals surface area contributed by atoms with Crippen LogP contribution in [0.5, 0.6) is 0 Å². The summed E-state index contributed by atoms with van der Waals surface area (Å²) in [7, 11) is 2.29. The summed E-state index contributed by atoms with van der Waals surface area (Å²) in [4.78, 5) is 22.7. The number of para-hydroxylation sites is 1. The molecule has 8 heteroatoms. The van der Waals surface area contributed by atoms with E-state index in [2.05, 4.69) is 40.3 Å². The standard InChI is InChI=1S/C21H17FN3OPS.C6H14O/c1-2-12-9-17-21(23-11-12)28-20(25-17)14-5-3-4-6-16(14)24-19(26)13-7-8-15(22)18(27)10-13;1-3-5-7-6-4-2/h3-11H,2,27H2,1H3,(H,24,26);3-6H2,1-2H3. The van der Waals surface area contributed by atoms with Crippen LogP contribution in [0.2, 0.25) is 0 Å². The molecular weight excluding hydrogens is 480 g/mol. The first kappa shape index (κ1) is 26.9. The van der Waals surface area contributed by atoms with Crippen molar-refractivity contribution in [3.05, 3.63) is 71.7 Å². The molecule has 0 fully saturated rings. The molecule has 2 heterocycles. The predicted molar refractivity (Wildman–Crippen MR) is 147 cm³/mol. The van der Waals surface area contributed by atoms with Gasteiger partial charge in [0.25, 0.3) is 5.91 Å². The maximum Gasteiger partial charge on any atom is 0.255 e. The van der Waals surface area contributed by atoms with E-state index in [0.29, 0.717) is 16.6 Å². The van der Waals surface area contributed by atoms with E-state index in [1.165, 1.54) is 29.5 Å². The smallest absolute Gasteiger partial charge is 0.255 e. The number of fused-ring (bicyclic) bond motifs is 1. The minimum Gasteiger partial charge on any atom is -0.381 e. The number of carbonyl (C=O) groups excluding carboxylic acids is 1. The summed E-state index contributed by atoms with van der Waals surface area (Å²) in [5, 5.41) is 4.06. The van der Waals surface area contributed by atoms with E-state index >= 15 is 0 Å². The summed E-state index contributed by atoms with van der Waals surface area (Å²) in [6.07, 6.45) is 5.05. The fourth-order valence-corrected chi connectivity index (χ4v) is 4.43. The summed E-state index contributed by atoms with van der Waals surface area (Å²) in [6, 6.07) is 13.8. The number of ether oxygens (including phenoxy) is 1. The third-order valence-corrected chi connectivity index (χ3v) is 6.53. The molecule has 0 aliphatic rings. The van der Waals surface area contributed by atoms with Crippen LogP contribution >= 0.6 is 20.6 Å². The van der Waals surface area contributed by atoms with Crippen LogP contribution in [0.1, 0.15) is 49.5 Å². The van der Waals surface area contributed by atoms with E-state index in [1.807, 2.05) is 36.5 Å². The zero-order valence-corrected chi connectivity index (χ0v) is 22.3. The van der Waals surface area contributed by atoms with Crippen molar-refractivity contribution in [2.24, 2.45) is 0 Å². The van der Waals surface area contributed by atoms with Gasteiger partial charge >= 0.3 is 0 Å². The summed E-state index contributed by atoms with van der Waals surface area (Å²) < 4.78 is 18.6. The molecule has 0 bridgehead atoms. The Bertz CT molecular complexity index is 1270. The van der Waals surface area contributed by atoms with Gasteiger partial charge in [0.2, 0.25) is 0 Å². The molecule has 2 aromatic heterocycles. The molecule has 0 aliphatic heterocycles. The molecule has 2 aromatic carbocycles. The maximum atomic E-state index is 13.5. The molecule has 0 aliphatic carbocycles. The number of amides is 1. The number of rotatable bonds is 8. The Labute approximate surface area is 212 Å². The lowest BCUT2D eigenvalue weighted by atomic mass is 10.1. The van der Waals surface area contributed by atoms with Gasteiger partial charge in [0.1, 0.15) is 21.2 Å². The third kappa shape index (κ3) is 7.38. The molecule has 0 saturated heterocycles. The number of aryl methyl sites for hydroxylation is 1. The van der Waals surface area contributed by atoms with E-state index < -0.39 is 0 Å². The Kier molecular flexibility index (Phi) is 10.3. The number of halogens is 1. The van der Waals surface area contributed by atoms with Gasteiger partial charge in [-0.05, 0) is 61.2 Å². The van der Waals surface area contributed by atoms with Crippen molar-refractivity contribution in [2.75, 3.05) is 18.5 Å². The van der Waals surface area contributed by atoms with Crippen molar-refractivity contribution in [1.82, 2.24) is 9.97 Å². The quantitative estimate of drug-likeness (QED) is 0.213. The highest BCUT2D eigenvalue weighted by atomic mass is 32.1. The average molecular weight is 512 g/mol. The first-order valence-electron chi connectivity index (χ1n) is 11.8. The molecular formula is C27H31FN3O2PS. The van der Waals surface area contributed by atoms with E-state index in [1.54, 1.807) is 0 Å². The van der Waals surface area contributed by atoms with Gasteiger partial charge < -0.3 is 10.1 Å². The van der Waals surface area contributed by atoms with Crippen molar-refractivity contribution >= 4 is 47.8 Å². The van der Waals surface area contributed by atoms with Gasteiger partial charge in [0, 0.05) is 35.8 Å². The molecule has 35 heavy (non-hydrogen) atoms. The lowest BCUT2D eigenvalue weighted by Crippen LogP contribution is -2.14. The molecule has 5 nitrogen and oxygen atoms in total. The van der Waals surface area contributed by atoms with E-state index in [0.717, 1.165) is 59.0 Å². The van der Waals surface area contributed by atoms with Gasteiger partial charge in [-0.1, -0.05) is 44.2 Å². The molecule has 1 unspecified atom stereocenters. The Morgan fingerprint density at radius 3 is 2.51 bits per heavy atom. The van der Waals surface area contributed by atoms with Crippen molar-refractivity contribution in [3.8, 4) is 10.6 Å². The Morgan fingerprint density at radius 1 is 1.09 bits per heavy atom. The molecule has 0 spiro atoms. The maximum absolute atomic E-state index is 13.5. The number of nitrogens with zero attached hydrogens (tertiary/aromatic N) is 2. The second-order valence-corrected chi connectivity index (χ2v) is 9.49. The summed E-state index contributed by atoms with van der Waals surface area (Å²) >= 11 is 1.48. The number of hydrogen-bond donors (Lipinski definition) is 1. The Morgan fingerprint density at radius 2 is 1.83 bits per heavy atom. The first-order chi connectivity index (χ1) is 17.0. The highest BCUT2D eigenvalue weighted by molar-refractivity contribution is 7.27. The third-order valence-electron chi connectivity index (χ3n) is 5.07. The van der Waals surface area contributed by atoms with Crippen LogP contribution in [0.3, 0.4) is 0 Å². The summed E-state index contributed by atoms with van der Waals surface area (Å²) in [6.45, 7) is 8.17. The largest absolute Gasteiger partial charge is 0.381 e. The van der Waals surface area contributed by atoms with E-state index in [4.69, 9.17) is 9.72 Å². The number of pyridine rings is 1. The molecule has 0 radical (unpaired) electrons. The van der Waals surface area contributed by atoms with Crippen LogP contribution in [-0.2, 0) is 11.2 Å². The molecule has 1 atom stereocenters.